The number of hydrogen-bond donors (Lipinski definition) is 1. The fraction of sp³-hybridized carbons (Fsp3) is 1.00. The van der Waals surface area contributed by atoms with E-state index in [0.717, 1.165) is 5.92 Å². The van der Waals surface area contributed by atoms with Crippen LogP contribution in [-0.2, 0) is 0 Å². The molecule has 1 N–H and O–H groups in total. The van der Waals surface area contributed by atoms with Crippen LogP contribution in [0.5, 0.6) is 0 Å². The lowest BCUT2D eigenvalue weighted by Gasteiger charge is -2.24. The molecule has 1 heterocycles. The highest BCUT2D eigenvalue weighted by molar-refractivity contribution is 4.69. The molecule has 1 aliphatic rings. The zero-order valence-corrected chi connectivity index (χ0v) is 9.89. The van der Waals surface area contributed by atoms with Gasteiger partial charge in [0.15, 0.2) is 0 Å². The van der Waals surface area contributed by atoms with Crippen LogP contribution in [0.25, 0.3) is 0 Å². The highest BCUT2D eigenvalue weighted by atomic mass is 15.1. The van der Waals surface area contributed by atoms with Crippen molar-refractivity contribution < 1.29 is 0 Å². The molecule has 0 aliphatic carbocycles. The van der Waals surface area contributed by atoms with Crippen LogP contribution in [-0.4, -0.2) is 37.6 Å². The van der Waals surface area contributed by atoms with Gasteiger partial charge >= 0.3 is 0 Å². The first kappa shape index (κ1) is 12.0. The van der Waals surface area contributed by atoms with Crippen LogP contribution < -0.4 is 5.32 Å². The van der Waals surface area contributed by atoms with E-state index in [1.165, 1.54) is 58.4 Å². The van der Waals surface area contributed by atoms with Gasteiger partial charge in [-0.1, -0.05) is 13.8 Å². The minimum atomic E-state index is 1.01. The van der Waals surface area contributed by atoms with Gasteiger partial charge in [-0.3, -0.25) is 0 Å². The molecule has 0 bridgehead atoms. The normalized spacial score (nSPS) is 19.1. The Balaban J connectivity index is 2.01. The Morgan fingerprint density at radius 1 is 1.14 bits per heavy atom. The first-order valence-electron chi connectivity index (χ1n) is 6.29. The quantitative estimate of drug-likeness (QED) is 0.703. The zero-order chi connectivity index (χ0) is 10.2. The predicted octanol–water partition coefficient (Wildman–Crippen LogP) is 2.11. The minimum absolute atomic E-state index is 1.01. The second-order valence-electron chi connectivity index (χ2n) is 4.36. The lowest BCUT2D eigenvalue weighted by Crippen LogP contribution is -2.29. The van der Waals surface area contributed by atoms with Gasteiger partial charge in [-0.05, 0) is 64.3 Å². The number of nitrogens with one attached hydrogen (secondary N) is 1. The fourth-order valence-electron chi connectivity index (χ4n) is 2.31. The lowest BCUT2D eigenvalue weighted by molar-refractivity contribution is 0.272. The van der Waals surface area contributed by atoms with Crippen LogP contribution in [0.2, 0.25) is 0 Å². The lowest BCUT2D eigenvalue weighted by atomic mass is 9.93. The van der Waals surface area contributed by atoms with Gasteiger partial charge in [-0.15, -0.1) is 0 Å². The Labute approximate surface area is 89.1 Å². The average molecular weight is 198 g/mol. The van der Waals surface area contributed by atoms with Crippen molar-refractivity contribution in [1.29, 1.82) is 0 Å². The summed E-state index contributed by atoms with van der Waals surface area (Å²) in [5, 5.41) is 3.43. The van der Waals surface area contributed by atoms with Gasteiger partial charge in [0.1, 0.15) is 0 Å². The molecule has 2 nitrogen and oxygen atoms in total. The van der Waals surface area contributed by atoms with Crippen LogP contribution in [0.3, 0.4) is 0 Å². The summed E-state index contributed by atoms with van der Waals surface area (Å²) in [5.74, 6) is 1.01. The van der Waals surface area contributed by atoms with Crippen molar-refractivity contribution in [3.05, 3.63) is 0 Å². The van der Waals surface area contributed by atoms with Crippen LogP contribution >= 0.6 is 0 Å². The fourth-order valence-corrected chi connectivity index (χ4v) is 2.31. The van der Waals surface area contributed by atoms with E-state index in [1.54, 1.807) is 0 Å². The summed E-state index contributed by atoms with van der Waals surface area (Å²) >= 11 is 0. The average Bonchev–Trinajstić information content (AvgIpc) is 2.26. The maximum atomic E-state index is 3.43. The Kier molecular flexibility index (Phi) is 6.20. The molecule has 1 saturated heterocycles. The van der Waals surface area contributed by atoms with Crippen molar-refractivity contribution in [3.63, 3.8) is 0 Å². The second-order valence-corrected chi connectivity index (χ2v) is 4.36. The Bertz CT molecular complexity index is 126. The Morgan fingerprint density at radius 2 is 1.79 bits per heavy atom. The molecular formula is C12H26N2. The van der Waals surface area contributed by atoms with Crippen LogP contribution in [0.15, 0.2) is 0 Å². The number of hydrogen-bond acceptors (Lipinski definition) is 2. The molecule has 0 saturated carbocycles. The standard InChI is InChI=1S/C12H26N2/c1-3-14(4-2)11-5-6-12-7-9-13-10-8-12/h12-13H,3-11H2,1-2H3. The molecule has 0 amide bonds. The van der Waals surface area contributed by atoms with E-state index in [4.69, 9.17) is 0 Å². The van der Waals surface area contributed by atoms with Gasteiger partial charge in [0.2, 0.25) is 0 Å². The molecule has 84 valence electrons. The molecule has 1 rings (SSSR count). The van der Waals surface area contributed by atoms with Crippen molar-refractivity contribution in [2.24, 2.45) is 5.92 Å². The molecule has 0 atom stereocenters. The van der Waals surface area contributed by atoms with Gasteiger partial charge in [0.25, 0.3) is 0 Å². The SMILES string of the molecule is CCN(CC)CCCC1CCNCC1. The first-order chi connectivity index (χ1) is 6.86. The van der Waals surface area contributed by atoms with E-state index >= 15 is 0 Å². The smallest absolute Gasteiger partial charge is 0.00189 e. The predicted molar refractivity (Wildman–Crippen MR) is 62.6 cm³/mol. The third kappa shape index (κ3) is 4.43. The molecule has 2 heteroatoms. The van der Waals surface area contributed by atoms with E-state index < -0.39 is 0 Å². The molecule has 1 fully saturated rings. The van der Waals surface area contributed by atoms with Gasteiger partial charge in [0, 0.05) is 0 Å². The molecule has 0 radical (unpaired) electrons. The number of rotatable bonds is 6. The largest absolute Gasteiger partial charge is 0.317 e. The van der Waals surface area contributed by atoms with Gasteiger partial charge < -0.3 is 10.2 Å². The van der Waals surface area contributed by atoms with E-state index in [9.17, 15) is 0 Å². The van der Waals surface area contributed by atoms with E-state index in [-0.39, 0.29) is 0 Å². The minimum Gasteiger partial charge on any atom is -0.317 e. The van der Waals surface area contributed by atoms with E-state index in [2.05, 4.69) is 24.1 Å². The van der Waals surface area contributed by atoms with Gasteiger partial charge in [-0.25, -0.2) is 0 Å². The molecule has 14 heavy (non-hydrogen) atoms. The second kappa shape index (κ2) is 7.24. The van der Waals surface area contributed by atoms with Crippen LogP contribution in [0.1, 0.15) is 39.5 Å². The third-order valence-corrected chi connectivity index (χ3v) is 3.44. The zero-order valence-electron chi connectivity index (χ0n) is 9.89. The van der Waals surface area contributed by atoms with Crippen LogP contribution in [0, 0.1) is 5.92 Å². The Hall–Kier alpha value is -0.0800. The van der Waals surface area contributed by atoms with Crippen molar-refractivity contribution in [1.82, 2.24) is 10.2 Å². The topological polar surface area (TPSA) is 15.3 Å². The summed E-state index contributed by atoms with van der Waals surface area (Å²) in [6.45, 7) is 10.7. The maximum Gasteiger partial charge on any atom is -0.00189 e. The summed E-state index contributed by atoms with van der Waals surface area (Å²) < 4.78 is 0. The highest BCUT2D eigenvalue weighted by Gasteiger charge is 2.12. The summed E-state index contributed by atoms with van der Waals surface area (Å²) in [4.78, 5) is 2.53. The molecule has 0 unspecified atom stereocenters. The molecule has 0 aromatic carbocycles. The monoisotopic (exact) mass is 198 g/mol. The summed E-state index contributed by atoms with van der Waals surface area (Å²) in [7, 11) is 0. The molecule has 0 aromatic heterocycles. The first-order valence-corrected chi connectivity index (χ1v) is 6.29. The molecular weight excluding hydrogens is 172 g/mol. The van der Waals surface area contributed by atoms with Crippen molar-refractivity contribution in [3.8, 4) is 0 Å². The molecule has 0 spiro atoms. The summed E-state index contributed by atoms with van der Waals surface area (Å²) in [5.41, 5.74) is 0. The Morgan fingerprint density at radius 3 is 2.36 bits per heavy atom. The van der Waals surface area contributed by atoms with Crippen molar-refractivity contribution >= 4 is 0 Å². The molecule has 0 aromatic rings. The van der Waals surface area contributed by atoms with Crippen molar-refractivity contribution in [2.45, 2.75) is 39.5 Å². The third-order valence-electron chi connectivity index (χ3n) is 3.44. The molecule has 1 aliphatic heterocycles. The van der Waals surface area contributed by atoms with E-state index in [0.29, 0.717) is 0 Å². The summed E-state index contributed by atoms with van der Waals surface area (Å²) in [6, 6.07) is 0. The van der Waals surface area contributed by atoms with Crippen molar-refractivity contribution in [2.75, 3.05) is 32.7 Å². The van der Waals surface area contributed by atoms with Gasteiger partial charge in [0.05, 0.1) is 0 Å². The highest BCUT2D eigenvalue weighted by Crippen LogP contribution is 2.17. The van der Waals surface area contributed by atoms with Crippen LogP contribution in [0.4, 0.5) is 0 Å². The maximum absolute atomic E-state index is 3.43. The number of nitrogens with zero attached hydrogens (tertiary/aromatic N) is 1. The van der Waals surface area contributed by atoms with E-state index in [1.807, 2.05) is 0 Å². The van der Waals surface area contributed by atoms with Gasteiger partial charge in [-0.2, -0.15) is 0 Å². The number of piperidine rings is 1. The summed E-state index contributed by atoms with van der Waals surface area (Å²) in [6.07, 6.45) is 5.64.